The van der Waals surface area contributed by atoms with Crippen molar-refractivity contribution in [3.05, 3.63) is 297 Å². The van der Waals surface area contributed by atoms with Crippen molar-refractivity contribution in [1.29, 1.82) is 21.0 Å². The molecule has 0 atom stereocenters. The van der Waals surface area contributed by atoms with Crippen LogP contribution in [0, 0.1) is 58.5 Å². The van der Waals surface area contributed by atoms with E-state index in [1.807, 2.05) is 36.4 Å². The monoisotopic (exact) mass is 1550 g/mol. The van der Waals surface area contributed by atoms with E-state index in [9.17, 15) is 21.0 Å². The quantitative estimate of drug-likeness (QED) is 0.153. The SMILES string of the molecule is [C-]#[N+]c1cc(C#N)cc(-n2c3ccc(-n4c5ccc(C(C)(C)C)cc5c5cc(C(C)(C)C)ccc54)cc3c3c4c(c5cc(-n6c7ccc(C(C)(C)C)cc7c7cc(C(C)(C)C)ccc76)ccc5n4-c4cc(C#N)cc(C#N)c4)c4c(c5cc(-n6c7ccc(C(C)(C)C)cc7c7cc(C(C)(C)C)ccc76)ccc5n4-c4cc(C#N)cc([N+]#[C-])c4)c32)c1. The predicted octanol–water partition coefficient (Wildman–Crippen LogP) is 28.6. The van der Waals surface area contributed by atoms with Crippen molar-refractivity contribution < 1.29 is 0 Å². The number of rotatable bonds is 6. The lowest BCUT2D eigenvalue weighted by atomic mass is 9.85. The molecule has 0 aliphatic heterocycles. The van der Waals surface area contributed by atoms with E-state index >= 15 is 0 Å². The Kier molecular flexibility index (Phi) is 16.4. The van der Waals surface area contributed by atoms with Crippen LogP contribution in [0.25, 0.3) is 175 Å². The summed E-state index contributed by atoms with van der Waals surface area (Å²) in [6.07, 6.45) is 0. The molecule has 0 amide bonds. The predicted molar refractivity (Wildman–Crippen MR) is 496 cm³/mol. The Labute approximate surface area is 698 Å². The van der Waals surface area contributed by atoms with Gasteiger partial charge >= 0.3 is 0 Å². The lowest BCUT2D eigenvalue weighted by molar-refractivity contribution is 0.590. The molecule has 19 rings (SSSR count). The molecule has 0 radical (unpaired) electrons. The number of aromatic nitrogens is 6. The summed E-state index contributed by atoms with van der Waals surface area (Å²) < 4.78 is 13.9. The normalized spacial score (nSPS) is 12.7. The van der Waals surface area contributed by atoms with Gasteiger partial charge in [-0.1, -0.05) is 161 Å². The number of benzene rings is 13. The van der Waals surface area contributed by atoms with E-state index in [4.69, 9.17) is 13.1 Å². The minimum absolute atomic E-state index is 0.162. The molecular formula is C108H90N12. The van der Waals surface area contributed by atoms with Crippen molar-refractivity contribution in [2.24, 2.45) is 0 Å². The maximum Gasteiger partial charge on any atom is 0.190 e. The van der Waals surface area contributed by atoms with Crippen LogP contribution in [-0.2, 0) is 32.5 Å². The topological polar surface area (TPSA) is 133 Å². The fraction of sp³-hybridized carbons (Fsp3) is 0.222. The maximum absolute atomic E-state index is 11.3. The third kappa shape index (κ3) is 11.6. The molecule has 120 heavy (non-hydrogen) atoms. The highest BCUT2D eigenvalue weighted by Gasteiger charge is 2.34. The second-order valence-corrected chi connectivity index (χ2v) is 39.1. The number of nitriles is 4. The highest BCUT2D eigenvalue weighted by atomic mass is 15.1. The molecule has 12 nitrogen and oxygen atoms in total. The van der Waals surface area contributed by atoms with Gasteiger partial charge < -0.3 is 27.4 Å². The third-order valence-corrected chi connectivity index (χ3v) is 25.1. The largest absolute Gasteiger partial charge is 0.310 e. The zero-order chi connectivity index (χ0) is 84.4. The first-order chi connectivity index (χ1) is 57.0. The van der Waals surface area contributed by atoms with Gasteiger partial charge in [0.2, 0.25) is 0 Å². The highest BCUT2D eigenvalue weighted by Crippen LogP contribution is 2.54. The smallest absolute Gasteiger partial charge is 0.190 e. The van der Waals surface area contributed by atoms with Crippen LogP contribution in [0.15, 0.2) is 218 Å². The molecule has 12 heteroatoms. The lowest BCUT2D eigenvalue weighted by Crippen LogP contribution is -2.10. The molecule has 0 saturated carbocycles. The lowest BCUT2D eigenvalue weighted by Gasteiger charge is -2.19. The minimum Gasteiger partial charge on any atom is -0.310 e. The number of hydrogen-bond acceptors (Lipinski definition) is 4. The Hall–Kier alpha value is -14.4. The molecule has 6 aromatic heterocycles. The molecule has 0 fully saturated rings. The summed E-state index contributed by atoms with van der Waals surface area (Å²) in [6.45, 7) is 58.3. The van der Waals surface area contributed by atoms with Gasteiger partial charge in [0.25, 0.3) is 0 Å². The van der Waals surface area contributed by atoms with Crippen LogP contribution in [-0.4, -0.2) is 27.4 Å². The molecule has 0 aliphatic rings. The fourth-order valence-corrected chi connectivity index (χ4v) is 18.8. The van der Waals surface area contributed by atoms with Crippen molar-refractivity contribution in [1.82, 2.24) is 27.4 Å². The van der Waals surface area contributed by atoms with Crippen LogP contribution in [0.4, 0.5) is 11.4 Å². The zero-order valence-electron chi connectivity index (χ0n) is 71.2. The first kappa shape index (κ1) is 75.6. The molecule has 0 unspecified atom stereocenters. The van der Waals surface area contributed by atoms with Gasteiger partial charge in [-0.05, 0) is 248 Å². The van der Waals surface area contributed by atoms with Gasteiger partial charge in [-0.15, -0.1) is 0 Å². The number of fused-ring (bicyclic) bond motifs is 21. The Balaban J connectivity index is 1.10. The van der Waals surface area contributed by atoms with E-state index in [-0.39, 0.29) is 43.9 Å². The van der Waals surface area contributed by atoms with E-state index in [0.717, 1.165) is 148 Å². The second kappa shape index (κ2) is 26.0. The van der Waals surface area contributed by atoms with Crippen molar-refractivity contribution >= 4 is 142 Å². The van der Waals surface area contributed by atoms with E-state index in [1.165, 1.54) is 33.4 Å². The summed E-state index contributed by atoms with van der Waals surface area (Å²) in [5.74, 6) is 0. The van der Waals surface area contributed by atoms with Crippen LogP contribution in [0.5, 0.6) is 0 Å². The summed E-state index contributed by atoms with van der Waals surface area (Å²) >= 11 is 0. The van der Waals surface area contributed by atoms with E-state index in [0.29, 0.717) is 39.3 Å². The molecule has 13 aromatic carbocycles. The number of nitrogens with zero attached hydrogens (tertiary/aromatic N) is 12. The average molecular weight is 1560 g/mol. The molecular weight excluding hydrogens is 1470 g/mol. The Morgan fingerprint density at radius 2 is 0.417 bits per heavy atom. The maximum atomic E-state index is 11.3. The zero-order valence-corrected chi connectivity index (χ0v) is 71.2. The molecule has 582 valence electrons. The summed E-state index contributed by atoms with van der Waals surface area (Å²) in [5.41, 5.74) is 23.0. The van der Waals surface area contributed by atoms with E-state index in [2.05, 4.69) is 350 Å². The van der Waals surface area contributed by atoms with Gasteiger partial charge in [-0.3, -0.25) is 0 Å². The first-order valence-electron chi connectivity index (χ1n) is 41.2. The van der Waals surface area contributed by atoms with Crippen molar-refractivity contribution in [2.45, 2.75) is 157 Å². The van der Waals surface area contributed by atoms with E-state index in [1.54, 1.807) is 18.2 Å². The molecule has 19 aromatic rings. The first-order valence-corrected chi connectivity index (χ1v) is 41.2. The van der Waals surface area contributed by atoms with Gasteiger partial charge in [0, 0.05) is 110 Å². The summed E-state index contributed by atoms with van der Waals surface area (Å²) in [5, 5.41) is 56.6. The second-order valence-electron chi connectivity index (χ2n) is 39.1. The van der Waals surface area contributed by atoms with Crippen LogP contribution in [0.3, 0.4) is 0 Å². The standard InChI is InChI=1S/C108H90N12/c1-103(2,3)65-21-30-88-79(46-65)80-47-66(104(4,5)6)22-31-89(80)115(88)73-27-36-94-85(54-73)97-100(118(94)76-42-61(57-109)39-62(43-76)58-110)98-86-55-74(116-90-32-23-67(105(7,8)9)48-81(90)82-49-68(106(10,11)12)24-33-91(82)116)28-37-95(86)119(77-44-63(59-111)40-71(52-77)113-19)102(98)99-87-56-75(29-38-96(87)120(101(97)99)78-45-64(60-112)41-72(53-78)114-20)117-92-34-25-69(107(13,14)15)50-83(92)84-51-70(108(16,17)18)26-35-93(84)117/h21-56H,1-18H3. The van der Waals surface area contributed by atoms with Gasteiger partial charge in [0.05, 0.1) is 115 Å². The Bertz CT molecular complexity index is 7000. The summed E-state index contributed by atoms with van der Waals surface area (Å²) in [6, 6.07) is 87.5. The van der Waals surface area contributed by atoms with Crippen molar-refractivity contribution in [3.8, 4) is 58.4 Å². The van der Waals surface area contributed by atoms with Crippen LogP contribution >= 0.6 is 0 Å². The minimum atomic E-state index is -0.162. The average Bonchev–Trinajstić information content (AvgIpc) is 1.50. The van der Waals surface area contributed by atoms with Gasteiger partial charge in [-0.25, -0.2) is 9.69 Å². The van der Waals surface area contributed by atoms with Gasteiger partial charge in [0.15, 0.2) is 11.4 Å². The molecule has 0 bridgehead atoms. The third-order valence-electron chi connectivity index (χ3n) is 25.1. The van der Waals surface area contributed by atoms with Gasteiger partial charge in [-0.2, -0.15) is 21.0 Å². The Morgan fingerprint density at radius 3 is 0.625 bits per heavy atom. The van der Waals surface area contributed by atoms with Crippen LogP contribution in [0.2, 0.25) is 0 Å². The summed E-state index contributed by atoms with van der Waals surface area (Å²) in [4.78, 5) is 8.20. The molecule has 0 spiro atoms. The highest BCUT2D eigenvalue weighted by molar-refractivity contribution is 6.41. The fourth-order valence-electron chi connectivity index (χ4n) is 18.8. The molecule has 6 heterocycles. The van der Waals surface area contributed by atoms with E-state index < -0.39 is 0 Å². The van der Waals surface area contributed by atoms with Gasteiger partial charge in [0.1, 0.15) is 0 Å². The Morgan fingerprint density at radius 1 is 0.217 bits per heavy atom. The van der Waals surface area contributed by atoms with Crippen LogP contribution in [0.1, 0.15) is 180 Å². The summed E-state index contributed by atoms with van der Waals surface area (Å²) in [7, 11) is 0. The molecule has 0 aliphatic carbocycles. The van der Waals surface area contributed by atoms with Crippen LogP contribution < -0.4 is 0 Å². The molecule has 0 saturated heterocycles. The number of hydrogen-bond donors (Lipinski definition) is 0. The van der Waals surface area contributed by atoms with Crippen molar-refractivity contribution in [2.75, 3.05) is 0 Å². The van der Waals surface area contributed by atoms with Crippen molar-refractivity contribution in [3.63, 3.8) is 0 Å². The molecule has 0 N–H and O–H groups in total.